The molecule has 6 heteroatoms. The third-order valence-electron chi connectivity index (χ3n) is 6.39. The molecule has 0 aromatic heterocycles. The molecule has 0 atom stereocenters. The predicted molar refractivity (Wildman–Crippen MR) is 96.3 cm³/mol. The lowest BCUT2D eigenvalue weighted by Gasteiger charge is -2.43. The van der Waals surface area contributed by atoms with Crippen LogP contribution in [0, 0.1) is 0 Å². The topological polar surface area (TPSA) is 53.1 Å². The Labute approximate surface area is 151 Å². The van der Waals surface area contributed by atoms with E-state index in [9.17, 15) is 9.59 Å². The van der Waals surface area contributed by atoms with Crippen LogP contribution in [0.4, 0.5) is 0 Å². The van der Waals surface area contributed by atoms with Gasteiger partial charge in [-0.15, -0.1) is 0 Å². The maximum Gasteiger partial charge on any atom is 0.242 e. The summed E-state index contributed by atoms with van der Waals surface area (Å²) in [7, 11) is 2.18. The SMILES string of the molecule is CN1CCN(C(=O)CN2CCCCCCC2=O)CCC12CCOCC2. The van der Waals surface area contributed by atoms with Crippen molar-refractivity contribution in [3.05, 3.63) is 0 Å². The highest BCUT2D eigenvalue weighted by Gasteiger charge is 2.39. The van der Waals surface area contributed by atoms with Crippen LogP contribution >= 0.6 is 0 Å². The molecular formula is C19H33N3O3. The van der Waals surface area contributed by atoms with Gasteiger partial charge in [0.2, 0.25) is 11.8 Å². The molecule has 3 aliphatic rings. The zero-order chi connectivity index (χ0) is 17.7. The quantitative estimate of drug-likeness (QED) is 0.756. The van der Waals surface area contributed by atoms with Crippen LogP contribution in [0.25, 0.3) is 0 Å². The maximum atomic E-state index is 12.8. The molecule has 0 unspecified atom stereocenters. The summed E-state index contributed by atoms with van der Waals surface area (Å²) in [5, 5.41) is 0. The largest absolute Gasteiger partial charge is 0.381 e. The summed E-state index contributed by atoms with van der Waals surface area (Å²) in [6.07, 6.45) is 7.99. The van der Waals surface area contributed by atoms with Gasteiger partial charge in [0.05, 0.1) is 6.54 Å². The number of ether oxygens (including phenoxy) is 1. The summed E-state index contributed by atoms with van der Waals surface area (Å²) in [5.74, 6) is 0.271. The molecule has 0 aromatic rings. The molecule has 3 fully saturated rings. The van der Waals surface area contributed by atoms with Gasteiger partial charge in [-0.1, -0.05) is 12.8 Å². The zero-order valence-corrected chi connectivity index (χ0v) is 15.7. The van der Waals surface area contributed by atoms with Crippen LogP contribution in [0.15, 0.2) is 0 Å². The van der Waals surface area contributed by atoms with E-state index >= 15 is 0 Å². The number of nitrogens with zero attached hydrogens (tertiary/aromatic N) is 3. The monoisotopic (exact) mass is 351 g/mol. The van der Waals surface area contributed by atoms with Gasteiger partial charge in [-0.3, -0.25) is 14.5 Å². The second-order valence-corrected chi connectivity index (χ2v) is 7.87. The van der Waals surface area contributed by atoms with Gasteiger partial charge in [0.25, 0.3) is 0 Å². The van der Waals surface area contributed by atoms with Crippen molar-refractivity contribution in [3.8, 4) is 0 Å². The standard InChI is InChI=1S/C19H33N3O3/c1-20-12-13-21(11-7-19(20)8-14-25-15-9-19)18(24)16-22-10-5-3-2-4-6-17(22)23/h2-16H2,1H3. The maximum absolute atomic E-state index is 12.8. The number of likely N-dealkylation sites (N-methyl/N-ethyl adjacent to an activating group) is 1. The highest BCUT2D eigenvalue weighted by molar-refractivity contribution is 5.85. The van der Waals surface area contributed by atoms with Crippen molar-refractivity contribution in [3.63, 3.8) is 0 Å². The molecule has 0 saturated carbocycles. The first-order chi connectivity index (χ1) is 12.1. The molecule has 0 radical (unpaired) electrons. The number of hydrogen-bond donors (Lipinski definition) is 0. The molecule has 0 aliphatic carbocycles. The molecule has 3 heterocycles. The first-order valence-electron chi connectivity index (χ1n) is 9.95. The lowest BCUT2D eigenvalue weighted by molar-refractivity contribution is -0.140. The highest BCUT2D eigenvalue weighted by Crippen LogP contribution is 2.32. The summed E-state index contributed by atoms with van der Waals surface area (Å²) < 4.78 is 5.54. The molecule has 25 heavy (non-hydrogen) atoms. The molecule has 0 aromatic carbocycles. The third-order valence-corrected chi connectivity index (χ3v) is 6.39. The lowest BCUT2D eigenvalue weighted by Crippen LogP contribution is -2.50. The first kappa shape index (κ1) is 18.6. The van der Waals surface area contributed by atoms with E-state index < -0.39 is 0 Å². The Hall–Kier alpha value is -1.14. The smallest absolute Gasteiger partial charge is 0.242 e. The average molecular weight is 351 g/mol. The van der Waals surface area contributed by atoms with E-state index in [-0.39, 0.29) is 23.9 Å². The molecule has 0 bridgehead atoms. The summed E-state index contributed by atoms with van der Waals surface area (Å²) >= 11 is 0. The van der Waals surface area contributed by atoms with Crippen molar-refractivity contribution < 1.29 is 14.3 Å². The average Bonchev–Trinajstić information content (AvgIpc) is 2.76. The van der Waals surface area contributed by atoms with Crippen LogP contribution < -0.4 is 0 Å². The Bertz CT molecular complexity index is 477. The minimum Gasteiger partial charge on any atom is -0.381 e. The van der Waals surface area contributed by atoms with Crippen molar-refractivity contribution in [2.24, 2.45) is 0 Å². The highest BCUT2D eigenvalue weighted by atomic mass is 16.5. The van der Waals surface area contributed by atoms with Gasteiger partial charge in [-0.25, -0.2) is 0 Å². The van der Waals surface area contributed by atoms with Gasteiger partial charge >= 0.3 is 0 Å². The predicted octanol–water partition coefficient (Wildman–Crippen LogP) is 1.49. The minimum atomic E-state index is 0.117. The Morgan fingerprint density at radius 1 is 1.00 bits per heavy atom. The van der Waals surface area contributed by atoms with E-state index in [2.05, 4.69) is 11.9 Å². The van der Waals surface area contributed by atoms with Crippen LogP contribution in [-0.2, 0) is 14.3 Å². The number of carbonyl (C=O) groups is 2. The summed E-state index contributed by atoms with van der Waals surface area (Å²) in [5.41, 5.74) is 0.184. The van der Waals surface area contributed by atoms with Crippen LogP contribution in [0.5, 0.6) is 0 Å². The van der Waals surface area contributed by atoms with E-state index in [4.69, 9.17) is 4.74 Å². The molecule has 2 amide bonds. The lowest BCUT2D eigenvalue weighted by atomic mass is 9.85. The molecule has 142 valence electrons. The second kappa shape index (κ2) is 8.49. The number of likely N-dealkylation sites (tertiary alicyclic amines) is 1. The Morgan fingerprint density at radius 3 is 2.56 bits per heavy atom. The van der Waals surface area contributed by atoms with E-state index in [0.717, 1.165) is 84.3 Å². The van der Waals surface area contributed by atoms with Gasteiger partial charge in [-0.05, 0) is 39.2 Å². The molecule has 3 saturated heterocycles. The minimum absolute atomic E-state index is 0.117. The third kappa shape index (κ3) is 4.53. The van der Waals surface area contributed by atoms with Crippen LogP contribution in [-0.4, -0.2) is 85.0 Å². The number of rotatable bonds is 2. The fourth-order valence-electron chi connectivity index (χ4n) is 4.43. The van der Waals surface area contributed by atoms with Gasteiger partial charge in [0, 0.05) is 51.4 Å². The molecule has 1 spiro atoms. The molecule has 0 N–H and O–H groups in total. The second-order valence-electron chi connectivity index (χ2n) is 7.87. The Balaban J connectivity index is 1.57. The number of amides is 2. The van der Waals surface area contributed by atoms with Gasteiger partial charge in [0.1, 0.15) is 0 Å². The van der Waals surface area contributed by atoms with Gasteiger partial charge < -0.3 is 14.5 Å². The van der Waals surface area contributed by atoms with E-state index in [1.54, 1.807) is 4.90 Å². The first-order valence-corrected chi connectivity index (χ1v) is 9.95. The fraction of sp³-hybridized carbons (Fsp3) is 0.895. The molecule has 3 aliphatic heterocycles. The number of carbonyl (C=O) groups excluding carboxylic acids is 2. The van der Waals surface area contributed by atoms with Crippen LogP contribution in [0.2, 0.25) is 0 Å². The number of hydrogen-bond acceptors (Lipinski definition) is 4. The molecule has 6 nitrogen and oxygen atoms in total. The normalized spacial score (nSPS) is 26.2. The Kier molecular flexibility index (Phi) is 6.34. The van der Waals surface area contributed by atoms with Crippen molar-refractivity contribution in [1.29, 1.82) is 0 Å². The van der Waals surface area contributed by atoms with Crippen molar-refractivity contribution in [1.82, 2.24) is 14.7 Å². The van der Waals surface area contributed by atoms with E-state index in [1.165, 1.54) is 0 Å². The van der Waals surface area contributed by atoms with E-state index in [0.29, 0.717) is 6.42 Å². The van der Waals surface area contributed by atoms with Gasteiger partial charge in [-0.2, -0.15) is 0 Å². The summed E-state index contributed by atoms with van der Waals surface area (Å²) in [4.78, 5) is 31.3. The summed E-state index contributed by atoms with van der Waals surface area (Å²) in [6.45, 7) is 5.10. The van der Waals surface area contributed by atoms with Crippen LogP contribution in [0.1, 0.15) is 51.4 Å². The van der Waals surface area contributed by atoms with E-state index in [1.807, 2.05) is 4.90 Å². The van der Waals surface area contributed by atoms with Crippen molar-refractivity contribution >= 4 is 11.8 Å². The summed E-state index contributed by atoms with van der Waals surface area (Å²) in [6, 6.07) is 0. The zero-order valence-electron chi connectivity index (χ0n) is 15.7. The molecular weight excluding hydrogens is 318 g/mol. The Morgan fingerprint density at radius 2 is 1.76 bits per heavy atom. The van der Waals surface area contributed by atoms with Crippen LogP contribution in [0.3, 0.4) is 0 Å². The molecule has 3 rings (SSSR count). The van der Waals surface area contributed by atoms with Crippen molar-refractivity contribution in [2.45, 2.75) is 56.9 Å². The van der Waals surface area contributed by atoms with Gasteiger partial charge in [0.15, 0.2) is 0 Å². The van der Waals surface area contributed by atoms with Crippen molar-refractivity contribution in [2.75, 3.05) is 53.0 Å². The fourth-order valence-corrected chi connectivity index (χ4v) is 4.43.